The first-order valence-electron chi connectivity index (χ1n) is 8.96. The predicted octanol–water partition coefficient (Wildman–Crippen LogP) is 4.71. The van der Waals surface area contributed by atoms with Crippen LogP contribution in [-0.4, -0.2) is 16.4 Å². The molecule has 2 aromatic heterocycles. The Morgan fingerprint density at radius 1 is 1.07 bits per heavy atom. The van der Waals surface area contributed by atoms with Gasteiger partial charge in [-0.05, 0) is 41.3 Å². The Balaban J connectivity index is 1.92. The zero-order valence-electron chi connectivity index (χ0n) is 16.6. The molecule has 0 atom stereocenters. The molecule has 2 heterocycles. The maximum Gasteiger partial charge on any atom is 0.444 e. The standard InChI is InChI=1S/C22H18FN4O3/c1-22(2,3)15-6-8-26-21(10-15)27(29-14-28)17-4-5-20(19(23)12-17)30-18-7-9-25-16(11-18)13-24/h4-12H,1-3H3. The van der Waals surface area contributed by atoms with Gasteiger partial charge < -0.3 is 9.57 Å². The van der Waals surface area contributed by atoms with Crippen LogP contribution in [0, 0.1) is 17.1 Å². The number of nitrogens with zero attached hydrogens (tertiary/aromatic N) is 4. The number of anilines is 2. The number of ether oxygens (including phenoxy) is 1. The normalized spacial score (nSPS) is 10.8. The lowest BCUT2D eigenvalue weighted by atomic mass is 9.88. The van der Waals surface area contributed by atoms with Crippen molar-refractivity contribution in [3.63, 3.8) is 0 Å². The van der Waals surface area contributed by atoms with Crippen LogP contribution in [0.15, 0.2) is 54.9 Å². The number of benzene rings is 1. The molecule has 1 aromatic carbocycles. The summed E-state index contributed by atoms with van der Waals surface area (Å²) in [6.45, 7) is 7.45. The van der Waals surface area contributed by atoms with Crippen LogP contribution in [0.1, 0.15) is 32.0 Å². The lowest BCUT2D eigenvalue weighted by Crippen LogP contribution is -2.20. The molecule has 0 saturated heterocycles. The minimum Gasteiger partial charge on any atom is -0.454 e. The van der Waals surface area contributed by atoms with E-state index in [1.807, 2.05) is 32.9 Å². The first-order chi connectivity index (χ1) is 14.3. The molecular formula is C22H18FN4O3. The number of halogens is 1. The van der Waals surface area contributed by atoms with Crippen molar-refractivity contribution in [1.29, 1.82) is 5.26 Å². The number of hydrogen-bond donors (Lipinski definition) is 0. The van der Waals surface area contributed by atoms with Gasteiger partial charge in [-0.1, -0.05) is 20.8 Å². The molecule has 0 bridgehead atoms. The molecule has 0 fully saturated rings. The van der Waals surface area contributed by atoms with Crippen LogP contribution in [0.5, 0.6) is 11.5 Å². The van der Waals surface area contributed by atoms with E-state index in [2.05, 4.69) is 9.97 Å². The Hall–Kier alpha value is -3.99. The van der Waals surface area contributed by atoms with Gasteiger partial charge in [0.05, 0.1) is 5.69 Å². The van der Waals surface area contributed by atoms with Gasteiger partial charge >= 0.3 is 6.47 Å². The number of aromatic nitrogens is 2. The third-order valence-electron chi connectivity index (χ3n) is 4.17. The summed E-state index contributed by atoms with van der Waals surface area (Å²) in [4.78, 5) is 23.9. The summed E-state index contributed by atoms with van der Waals surface area (Å²) in [5.41, 5.74) is 1.16. The topological polar surface area (TPSA) is 88.3 Å². The van der Waals surface area contributed by atoms with Crippen LogP contribution in [-0.2, 0) is 15.0 Å². The Morgan fingerprint density at radius 3 is 2.50 bits per heavy atom. The molecule has 0 aliphatic rings. The summed E-state index contributed by atoms with van der Waals surface area (Å²) in [5.74, 6) is -0.205. The summed E-state index contributed by atoms with van der Waals surface area (Å²) in [6.07, 6.45) is 2.98. The third kappa shape index (κ3) is 4.70. The maximum absolute atomic E-state index is 14.7. The van der Waals surface area contributed by atoms with Gasteiger partial charge in [-0.3, -0.25) is 0 Å². The van der Waals surface area contributed by atoms with Crippen molar-refractivity contribution in [3.8, 4) is 17.6 Å². The molecule has 0 aliphatic heterocycles. The van der Waals surface area contributed by atoms with E-state index in [1.165, 1.54) is 36.9 Å². The minimum atomic E-state index is -0.700. The van der Waals surface area contributed by atoms with E-state index in [-0.39, 0.29) is 28.3 Å². The molecule has 30 heavy (non-hydrogen) atoms. The summed E-state index contributed by atoms with van der Waals surface area (Å²) in [7, 11) is 0. The van der Waals surface area contributed by atoms with Crippen molar-refractivity contribution >= 4 is 18.0 Å². The fraction of sp³-hybridized carbons (Fsp3) is 0.182. The second kappa shape index (κ2) is 8.57. The van der Waals surface area contributed by atoms with Gasteiger partial charge in [0, 0.05) is 24.5 Å². The molecule has 0 amide bonds. The largest absolute Gasteiger partial charge is 0.454 e. The maximum atomic E-state index is 14.7. The molecule has 151 valence electrons. The van der Waals surface area contributed by atoms with Crippen LogP contribution < -0.4 is 9.80 Å². The van der Waals surface area contributed by atoms with E-state index in [0.29, 0.717) is 5.82 Å². The summed E-state index contributed by atoms with van der Waals surface area (Å²) in [6, 6.07) is 12.4. The molecular weight excluding hydrogens is 387 g/mol. The van der Waals surface area contributed by atoms with Crippen molar-refractivity contribution in [3.05, 3.63) is 71.9 Å². The molecule has 8 heteroatoms. The first kappa shape index (κ1) is 20.7. The number of rotatable bonds is 6. The summed E-state index contributed by atoms with van der Waals surface area (Å²) >= 11 is 0. The van der Waals surface area contributed by atoms with Crippen molar-refractivity contribution in [2.45, 2.75) is 26.2 Å². The third-order valence-corrected chi connectivity index (χ3v) is 4.17. The smallest absolute Gasteiger partial charge is 0.444 e. The van der Waals surface area contributed by atoms with Gasteiger partial charge in [0.25, 0.3) is 0 Å². The van der Waals surface area contributed by atoms with E-state index in [4.69, 9.17) is 14.8 Å². The van der Waals surface area contributed by atoms with Gasteiger partial charge in [0.2, 0.25) is 0 Å². The SMILES string of the molecule is CC(C)(C)c1ccnc(N(O[C]=O)c2ccc(Oc3ccnc(C#N)c3)c(F)c2)c1. The predicted molar refractivity (Wildman–Crippen MR) is 107 cm³/mol. The molecule has 0 unspecified atom stereocenters. The van der Waals surface area contributed by atoms with Crippen LogP contribution in [0.2, 0.25) is 0 Å². The Kier molecular flexibility index (Phi) is 5.93. The Morgan fingerprint density at radius 2 is 1.83 bits per heavy atom. The summed E-state index contributed by atoms with van der Waals surface area (Å²) in [5, 5.41) is 9.99. The number of hydrogen-bond acceptors (Lipinski definition) is 7. The van der Waals surface area contributed by atoms with Crippen molar-refractivity contribution in [1.82, 2.24) is 9.97 Å². The van der Waals surface area contributed by atoms with E-state index in [9.17, 15) is 9.18 Å². The molecule has 0 aliphatic carbocycles. The Labute approximate surface area is 173 Å². The van der Waals surface area contributed by atoms with Crippen LogP contribution in [0.4, 0.5) is 15.9 Å². The van der Waals surface area contributed by atoms with Gasteiger partial charge in [0.15, 0.2) is 17.4 Å². The molecule has 7 nitrogen and oxygen atoms in total. The molecule has 0 spiro atoms. The average Bonchev–Trinajstić information content (AvgIpc) is 2.73. The van der Waals surface area contributed by atoms with Crippen LogP contribution in [0.3, 0.4) is 0 Å². The van der Waals surface area contributed by atoms with E-state index >= 15 is 0 Å². The zero-order valence-corrected chi connectivity index (χ0v) is 16.6. The fourth-order valence-corrected chi connectivity index (χ4v) is 2.63. The number of pyridine rings is 2. The highest BCUT2D eigenvalue weighted by Crippen LogP contribution is 2.32. The van der Waals surface area contributed by atoms with Gasteiger partial charge in [-0.15, -0.1) is 0 Å². The van der Waals surface area contributed by atoms with E-state index in [0.717, 1.165) is 16.7 Å². The molecule has 0 saturated carbocycles. The van der Waals surface area contributed by atoms with Crippen molar-refractivity contribution in [2.24, 2.45) is 0 Å². The number of carbonyl (C=O) groups excluding carboxylic acids is 1. The zero-order chi connectivity index (χ0) is 21.7. The number of nitriles is 1. The molecule has 3 aromatic rings. The van der Waals surface area contributed by atoms with E-state index < -0.39 is 5.82 Å². The quantitative estimate of drug-likeness (QED) is 0.549. The molecule has 1 radical (unpaired) electrons. The van der Waals surface area contributed by atoms with Gasteiger partial charge in [-0.2, -0.15) is 10.3 Å². The van der Waals surface area contributed by atoms with Gasteiger partial charge in [-0.25, -0.2) is 19.2 Å². The van der Waals surface area contributed by atoms with Gasteiger partial charge in [0.1, 0.15) is 17.5 Å². The lowest BCUT2D eigenvalue weighted by molar-refractivity contribution is 0.279. The van der Waals surface area contributed by atoms with Crippen molar-refractivity contribution in [2.75, 3.05) is 5.06 Å². The lowest BCUT2D eigenvalue weighted by Gasteiger charge is -2.23. The summed E-state index contributed by atoms with van der Waals surface area (Å²) < 4.78 is 20.2. The second-order valence-electron chi connectivity index (χ2n) is 7.33. The molecule has 3 rings (SSSR count). The molecule has 0 N–H and O–H groups in total. The van der Waals surface area contributed by atoms with Crippen LogP contribution in [0.25, 0.3) is 0 Å². The van der Waals surface area contributed by atoms with Crippen molar-refractivity contribution < 1.29 is 18.8 Å². The minimum absolute atomic E-state index is 0.0692. The monoisotopic (exact) mass is 405 g/mol. The fourth-order valence-electron chi connectivity index (χ4n) is 2.63. The highest BCUT2D eigenvalue weighted by atomic mass is 19.1. The first-order valence-corrected chi connectivity index (χ1v) is 8.96. The highest BCUT2D eigenvalue weighted by Gasteiger charge is 2.20. The Bertz CT molecular complexity index is 1110. The average molecular weight is 405 g/mol. The highest BCUT2D eigenvalue weighted by molar-refractivity contribution is 5.62. The van der Waals surface area contributed by atoms with E-state index in [1.54, 1.807) is 12.3 Å². The van der Waals surface area contributed by atoms with Crippen LogP contribution >= 0.6 is 0 Å². The second-order valence-corrected chi connectivity index (χ2v) is 7.33.